The highest BCUT2D eigenvalue weighted by atomic mass is 19.1. The monoisotopic (exact) mass is 207 g/mol. The van der Waals surface area contributed by atoms with E-state index < -0.39 is 11.6 Å². The van der Waals surface area contributed by atoms with E-state index in [1.165, 1.54) is 25.1 Å². The molecule has 0 amide bonds. The quantitative estimate of drug-likeness (QED) is 0.564. The number of nitrogens with zero attached hydrogens (tertiary/aromatic N) is 2. The predicted octanol–water partition coefficient (Wildman–Crippen LogP) is 2.38. The fourth-order valence-electron chi connectivity index (χ4n) is 1.18. The minimum atomic E-state index is -0.768. The molecular formula is C10H8FN2O2. The zero-order valence-electron chi connectivity index (χ0n) is 8.03. The van der Waals surface area contributed by atoms with Gasteiger partial charge in [-0.25, -0.2) is 0 Å². The molecule has 0 heterocycles. The molecule has 1 aromatic rings. The lowest BCUT2D eigenvalue weighted by Crippen LogP contribution is -2.02. The van der Waals surface area contributed by atoms with Gasteiger partial charge in [0.05, 0.1) is 23.2 Å². The van der Waals surface area contributed by atoms with Crippen LogP contribution in [0.4, 0.5) is 10.1 Å². The SMILES string of the molecule is C[C](CF)c1cc(C#N)ccc1[N+](=O)[O-]. The van der Waals surface area contributed by atoms with Gasteiger partial charge in [0, 0.05) is 17.5 Å². The van der Waals surface area contributed by atoms with Crippen molar-refractivity contribution < 1.29 is 9.31 Å². The zero-order chi connectivity index (χ0) is 11.4. The lowest BCUT2D eigenvalue weighted by atomic mass is 9.98. The van der Waals surface area contributed by atoms with Gasteiger partial charge in [-0.1, -0.05) is 6.92 Å². The van der Waals surface area contributed by atoms with Crippen molar-refractivity contribution in [3.63, 3.8) is 0 Å². The van der Waals surface area contributed by atoms with Gasteiger partial charge in [0.25, 0.3) is 5.69 Å². The van der Waals surface area contributed by atoms with Crippen LogP contribution in [0, 0.1) is 27.4 Å². The number of benzene rings is 1. The zero-order valence-corrected chi connectivity index (χ0v) is 8.03. The molecule has 1 radical (unpaired) electrons. The van der Waals surface area contributed by atoms with Crippen LogP contribution in [0.5, 0.6) is 0 Å². The average Bonchev–Trinajstić information content (AvgIpc) is 2.26. The molecule has 0 spiro atoms. The minimum absolute atomic E-state index is 0.177. The van der Waals surface area contributed by atoms with Gasteiger partial charge in [0.2, 0.25) is 0 Å². The number of halogens is 1. The molecule has 5 heteroatoms. The topological polar surface area (TPSA) is 66.9 Å². The van der Waals surface area contributed by atoms with Gasteiger partial charge < -0.3 is 0 Å². The van der Waals surface area contributed by atoms with E-state index >= 15 is 0 Å². The lowest BCUT2D eigenvalue weighted by molar-refractivity contribution is -0.385. The standard InChI is InChI=1S/C10H8FN2O2/c1-7(5-11)9-4-8(6-12)2-3-10(9)13(14)15/h2-4H,5H2,1H3. The summed E-state index contributed by atoms with van der Waals surface area (Å²) in [5.74, 6) is 0.249. The number of nitriles is 1. The third-order valence-corrected chi connectivity index (χ3v) is 1.98. The fraction of sp³-hybridized carbons (Fsp3) is 0.200. The third-order valence-electron chi connectivity index (χ3n) is 1.98. The summed E-state index contributed by atoms with van der Waals surface area (Å²) in [5, 5.41) is 19.3. The van der Waals surface area contributed by atoms with Gasteiger partial charge in [0.1, 0.15) is 0 Å². The summed E-state index contributed by atoms with van der Waals surface area (Å²) in [7, 11) is 0. The Hall–Kier alpha value is -1.96. The normalized spacial score (nSPS) is 10.0. The molecular weight excluding hydrogens is 199 g/mol. The first-order valence-corrected chi connectivity index (χ1v) is 4.17. The molecule has 0 atom stereocenters. The second kappa shape index (κ2) is 4.51. The molecule has 4 nitrogen and oxygen atoms in total. The van der Waals surface area contributed by atoms with Gasteiger partial charge in [-0.05, 0) is 12.1 Å². The molecule has 0 aliphatic rings. The first-order valence-electron chi connectivity index (χ1n) is 4.17. The highest BCUT2D eigenvalue weighted by molar-refractivity contribution is 5.52. The van der Waals surface area contributed by atoms with Crippen LogP contribution < -0.4 is 0 Å². The summed E-state index contributed by atoms with van der Waals surface area (Å²) in [6, 6.07) is 5.74. The van der Waals surface area contributed by atoms with Gasteiger partial charge in [-0.2, -0.15) is 5.26 Å². The molecule has 0 saturated carbocycles. The number of alkyl halides is 1. The summed E-state index contributed by atoms with van der Waals surface area (Å²) in [6.45, 7) is 0.694. The summed E-state index contributed by atoms with van der Waals surface area (Å²) in [4.78, 5) is 10.0. The molecule has 0 aliphatic carbocycles. The molecule has 15 heavy (non-hydrogen) atoms. The van der Waals surface area contributed by atoms with Crippen molar-refractivity contribution >= 4 is 5.69 Å². The molecule has 0 saturated heterocycles. The second-order valence-corrected chi connectivity index (χ2v) is 3.01. The van der Waals surface area contributed by atoms with Crippen molar-refractivity contribution in [3.05, 3.63) is 45.4 Å². The Morgan fingerprint density at radius 3 is 2.80 bits per heavy atom. The molecule has 1 aromatic carbocycles. The summed E-state index contributed by atoms with van der Waals surface area (Å²) >= 11 is 0. The number of hydrogen-bond donors (Lipinski definition) is 0. The van der Waals surface area contributed by atoms with Crippen molar-refractivity contribution in [3.8, 4) is 6.07 Å². The maximum atomic E-state index is 12.4. The fourth-order valence-corrected chi connectivity index (χ4v) is 1.18. The Labute approximate surface area is 86.1 Å². The third kappa shape index (κ3) is 2.29. The maximum Gasteiger partial charge on any atom is 0.273 e. The Balaban J connectivity index is 3.30. The van der Waals surface area contributed by atoms with Crippen LogP contribution in [0.15, 0.2) is 18.2 Å². The first-order chi connectivity index (χ1) is 7.10. The van der Waals surface area contributed by atoms with E-state index in [4.69, 9.17) is 5.26 Å². The molecule has 0 N–H and O–H groups in total. The molecule has 0 bridgehead atoms. The molecule has 0 unspecified atom stereocenters. The Morgan fingerprint density at radius 1 is 1.67 bits per heavy atom. The molecule has 77 valence electrons. The summed E-state index contributed by atoms with van der Waals surface area (Å²) < 4.78 is 12.4. The molecule has 0 fully saturated rings. The summed E-state index contributed by atoms with van der Waals surface area (Å²) in [5.41, 5.74) is 0.286. The van der Waals surface area contributed by atoms with Crippen LogP contribution in [0.2, 0.25) is 0 Å². The van der Waals surface area contributed by atoms with Crippen molar-refractivity contribution in [2.45, 2.75) is 6.92 Å². The minimum Gasteiger partial charge on any atom is -0.258 e. The predicted molar refractivity (Wildman–Crippen MR) is 51.8 cm³/mol. The first kappa shape index (κ1) is 11.1. The number of nitro benzene ring substituents is 1. The molecule has 0 aromatic heterocycles. The highest BCUT2D eigenvalue weighted by Crippen LogP contribution is 2.27. The van der Waals surface area contributed by atoms with Crippen LogP contribution in [0.1, 0.15) is 18.1 Å². The van der Waals surface area contributed by atoms with Gasteiger partial charge in [-0.3, -0.25) is 14.5 Å². The van der Waals surface area contributed by atoms with E-state index in [0.29, 0.717) is 0 Å². The largest absolute Gasteiger partial charge is 0.273 e. The van der Waals surface area contributed by atoms with Crippen molar-refractivity contribution in [2.24, 2.45) is 0 Å². The van der Waals surface area contributed by atoms with E-state index in [1.807, 2.05) is 6.07 Å². The Morgan fingerprint density at radius 2 is 2.33 bits per heavy atom. The molecule has 1 rings (SSSR count). The number of hydrogen-bond acceptors (Lipinski definition) is 3. The van der Waals surface area contributed by atoms with Gasteiger partial charge in [-0.15, -0.1) is 0 Å². The maximum absolute atomic E-state index is 12.4. The number of rotatable bonds is 3. The van der Waals surface area contributed by atoms with E-state index in [2.05, 4.69) is 0 Å². The van der Waals surface area contributed by atoms with Crippen molar-refractivity contribution in [1.82, 2.24) is 0 Å². The van der Waals surface area contributed by atoms with Crippen LogP contribution in [0.25, 0.3) is 0 Å². The Bertz CT molecular complexity index is 426. The average molecular weight is 207 g/mol. The lowest BCUT2D eigenvalue weighted by Gasteiger charge is -2.07. The van der Waals surface area contributed by atoms with E-state index in [9.17, 15) is 14.5 Å². The van der Waals surface area contributed by atoms with Gasteiger partial charge in [0.15, 0.2) is 0 Å². The van der Waals surface area contributed by atoms with Crippen molar-refractivity contribution in [2.75, 3.05) is 6.67 Å². The van der Waals surface area contributed by atoms with E-state index in [-0.39, 0.29) is 22.7 Å². The van der Waals surface area contributed by atoms with Crippen LogP contribution in [-0.4, -0.2) is 11.6 Å². The van der Waals surface area contributed by atoms with Crippen LogP contribution in [0.3, 0.4) is 0 Å². The highest BCUT2D eigenvalue weighted by Gasteiger charge is 2.19. The van der Waals surface area contributed by atoms with Crippen LogP contribution >= 0.6 is 0 Å². The van der Waals surface area contributed by atoms with E-state index in [1.54, 1.807) is 0 Å². The van der Waals surface area contributed by atoms with Gasteiger partial charge >= 0.3 is 0 Å². The Kier molecular flexibility index (Phi) is 3.34. The number of nitro groups is 1. The molecule has 0 aliphatic heterocycles. The smallest absolute Gasteiger partial charge is 0.258 e. The van der Waals surface area contributed by atoms with Crippen molar-refractivity contribution in [1.29, 1.82) is 5.26 Å². The van der Waals surface area contributed by atoms with E-state index in [0.717, 1.165) is 0 Å². The summed E-state index contributed by atoms with van der Waals surface area (Å²) in [6.07, 6.45) is 0. The van der Waals surface area contributed by atoms with Crippen LogP contribution in [-0.2, 0) is 0 Å². The second-order valence-electron chi connectivity index (χ2n) is 3.01.